The van der Waals surface area contributed by atoms with Crippen molar-refractivity contribution in [2.24, 2.45) is 0 Å². The van der Waals surface area contributed by atoms with E-state index in [9.17, 15) is 4.79 Å². The minimum absolute atomic E-state index is 0.117. The minimum Gasteiger partial charge on any atom is -0.347 e. The Balaban J connectivity index is 2.00. The average Bonchev–Trinajstić information content (AvgIpc) is 3.29. The molecule has 5 nitrogen and oxygen atoms in total. The fourth-order valence-corrected chi connectivity index (χ4v) is 3.86. The van der Waals surface area contributed by atoms with E-state index in [1.807, 2.05) is 86.3 Å². The Morgan fingerprint density at radius 2 is 1.86 bits per heavy atom. The molecule has 4 aromatic rings. The predicted octanol–water partition coefficient (Wildman–Crippen LogP) is 4.99. The molecule has 142 valence electrons. The number of amides is 1. The summed E-state index contributed by atoms with van der Waals surface area (Å²) in [5.41, 5.74) is 3.43. The van der Waals surface area contributed by atoms with Crippen LogP contribution in [0.25, 0.3) is 27.3 Å². The van der Waals surface area contributed by atoms with Gasteiger partial charge >= 0.3 is 0 Å². The number of para-hydroxylation sites is 1. The fraction of sp³-hybridized carbons (Fsp3) is 0.227. The van der Waals surface area contributed by atoms with Crippen molar-refractivity contribution in [1.29, 1.82) is 0 Å². The highest BCUT2D eigenvalue weighted by atomic mass is 32.1. The summed E-state index contributed by atoms with van der Waals surface area (Å²) in [4.78, 5) is 19.0. The standard InChI is InChI=1S/C22H22N4OS/c1-14-19-16(21(27)24-22(2,3)4)13-17(18-11-8-12-28-18)23-20(19)26(25-14)15-9-6-5-7-10-15/h5-13H,1-4H3,(H,24,27). The smallest absolute Gasteiger partial charge is 0.252 e. The van der Waals surface area contributed by atoms with Crippen LogP contribution in [0.4, 0.5) is 0 Å². The summed E-state index contributed by atoms with van der Waals surface area (Å²) in [6.45, 7) is 7.85. The molecule has 6 heteroatoms. The topological polar surface area (TPSA) is 59.8 Å². The summed E-state index contributed by atoms with van der Waals surface area (Å²) in [5.74, 6) is -0.117. The number of pyridine rings is 1. The lowest BCUT2D eigenvalue weighted by atomic mass is 10.0. The Morgan fingerprint density at radius 3 is 2.50 bits per heavy atom. The lowest BCUT2D eigenvalue weighted by Gasteiger charge is -2.21. The van der Waals surface area contributed by atoms with Crippen molar-refractivity contribution in [2.75, 3.05) is 0 Å². The molecule has 0 atom stereocenters. The van der Waals surface area contributed by atoms with Crippen LogP contribution in [0, 0.1) is 6.92 Å². The molecule has 4 rings (SSSR count). The van der Waals surface area contributed by atoms with Gasteiger partial charge in [0.1, 0.15) is 0 Å². The van der Waals surface area contributed by atoms with Crippen molar-refractivity contribution >= 4 is 28.3 Å². The van der Waals surface area contributed by atoms with Gasteiger partial charge < -0.3 is 5.32 Å². The number of aromatic nitrogens is 3. The highest BCUT2D eigenvalue weighted by Gasteiger charge is 2.23. The number of hydrogen-bond donors (Lipinski definition) is 1. The third-order valence-corrected chi connectivity index (χ3v) is 5.21. The molecule has 3 aromatic heterocycles. The molecule has 0 aliphatic carbocycles. The van der Waals surface area contributed by atoms with Crippen LogP contribution in [0.5, 0.6) is 0 Å². The van der Waals surface area contributed by atoms with E-state index < -0.39 is 0 Å². The second-order valence-electron chi connectivity index (χ2n) is 7.77. The van der Waals surface area contributed by atoms with E-state index in [4.69, 9.17) is 10.1 Å². The van der Waals surface area contributed by atoms with E-state index in [1.54, 1.807) is 11.3 Å². The molecule has 0 bridgehead atoms. The first-order valence-corrected chi connectivity index (χ1v) is 10.0. The summed E-state index contributed by atoms with van der Waals surface area (Å²) >= 11 is 1.60. The van der Waals surface area contributed by atoms with Gasteiger partial charge in [-0.15, -0.1) is 11.3 Å². The number of carbonyl (C=O) groups is 1. The number of carbonyl (C=O) groups excluding carboxylic acids is 1. The molecule has 0 radical (unpaired) electrons. The number of rotatable bonds is 3. The van der Waals surface area contributed by atoms with E-state index in [0.717, 1.165) is 27.3 Å². The number of nitrogens with one attached hydrogen (secondary N) is 1. The highest BCUT2D eigenvalue weighted by molar-refractivity contribution is 7.13. The first-order chi connectivity index (χ1) is 13.3. The highest BCUT2D eigenvalue weighted by Crippen LogP contribution is 2.31. The Bertz CT molecular complexity index is 1140. The van der Waals surface area contributed by atoms with Gasteiger partial charge in [-0.05, 0) is 57.3 Å². The second kappa shape index (κ2) is 6.87. The zero-order valence-electron chi connectivity index (χ0n) is 16.4. The molecular weight excluding hydrogens is 368 g/mol. The van der Waals surface area contributed by atoms with Crippen molar-refractivity contribution in [3.05, 3.63) is 65.2 Å². The molecule has 0 aliphatic rings. The third kappa shape index (κ3) is 3.43. The molecule has 0 saturated carbocycles. The first kappa shape index (κ1) is 18.4. The summed E-state index contributed by atoms with van der Waals surface area (Å²) in [6, 6.07) is 15.7. The summed E-state index contributed by atoms with van der Waals surface area (Å²) in [5, 5.41) is 10.6. The molecule has 1 N–H and O–H groups in total. The minimum atomic E-state index is -0.334. The van der Waals surface area contributed by atoms with Gasteiger partial charge in [-0.25, -0.2) is 9.67 Å². The van der Waals surface area contributed by atoms with Gasteiger partial charge in [0.25, 0.3) is 5.91 Å². The van der Waals surface area contributed by atoms with Gasteiger partial charge in [-0.2, -0.15) is 5.10 Å². The maximum absolute atomic E-state index is 13.1. The van der Waals surface area contributed by atoms with Crippen molar-refractivity contribution in [2.45, 2.75) is 33.2 Å². The largest absolute Gasteiger partial charge is 0.347 e. The van der Waals surface area contributed by atoms with Crippen LogP contribution in [0.3, 0.4) is 0 Å². The second-order valence-corrected chi connectivity index (χ2v) is 8.72. The van der Waals surface area contributed by atoms with Gasteiger partial charge in [0.05, 0.1) is 32.9 Å². The van der Waals surface area contributed by atoms with Gasteiger partial charge in [0.15, 0.2) is 5.65 Å². The Hall–Kier alpha value is -2.99. The van der Waals surface area contributed by atoms with E-state index >= 15 is 0 Å². The van der Waals surface area contributed by atoms with Crippen molar-refractivity contribution < 1.29 is 4.79 Å². The lowest BCUT2D eigenvalue weighted by Crippen LogP contribution is -2.40. The maximum Gasteiger partial charge on any atom is 0.252 e. The SMILES string of the molecule is Cc1nn(-c2ccccc2)c2nc(-c3cccs3)cc(C(=O)NC(C)(C)C)c12. The van der Waals surface area contributed by atoms with Crippen LogP contribution < -0.4 is 5.32 Å². The number of benzene rings is 1. The van der Waals surface area contributed by atoms with Gasteiger partial charge in [-0.1, -0.05) is 24.3 Å². The zero-order chi connectivity index (χ0) is 19.9. The Morgan fingerprint density at radius 1 is 1.11 bits per heavy atom. The number of hydrogen-bond acceptors (Lipinski definition) is 4. The third-order valence-electron chi connectivity index (χ3n) is 4.32. The van der Waals surface area contributed by atoms with E-state index in [2.05, 4.69) is 5.32 Å². The van der Waals surface area contributed by atoms with Crippen LogP contribution in [0.1, 0.15) is 36.8 Å². The van der Waals surface area contributed by atoms with Crippen LogP contribution in [0.15, 0.2) is 53.9 Å². The lowest BCUT2D eigenvalue weighted by molar-refractivity contribution is 0.0921. The number of thiophene rings is 1. The van der Waals surface area contributed by atoms with E-state index in [1.165, 1.54) is 0 Å². The molecular formula is C22H22N4OS. The normalized spacial score (nSPS) is 11.7. The summed E-state index contributed by atoms with van der Waals surface area (Å²) in [6.07, 6.45) is 0. The first-order valence-electron chi connectivity index (χ1n) is 9.16. The maximum atomic E-state index is 13.1. The molecule has 1 amide bonds. The number of nitrogens with zero attached hydrogens (tertiary/aromatic N) is 3. The van der Waals surface area contributed by atoms with Crippen molar-refractivity contribution in [1.82, 2.24) is 20.1 Å². The zero-order valence-corrected chi connectivity index (χ0v) is 17.2. The predicted molar refractivity (Wildman–Crippen MR) is 114 cm³/mol. The van der Waals surface area contributed by atoms with Gasteiger partial charge in [0, 0.05) is 5.54 Å². The quantitative estimate of drug-likeness (QED) is 0.536. The fourth-order valence-electron chi connectivity index (χ4n) is 3.18. The summed E-state index contributed by atoms with van der Waals surface area (Å²) < 4.78 is 1.82. The average molecular weight is 391 g/mol. The molecule has 0 saturated heterocycles. The van der Waals surface area contributed by atoms with Crippen LogP contribution in [-0.4, -0.2) is 26.2 Å². The number of aryl methyl sites for hydroxylation is 1. The van der Waals surface area contributed by atoms with E-state index in [0.29, 0.717) is 11.2 Å². The van der Waals surface area contributed by atoms with Crippen molar-refractivity contribution in [3.63, 3.8) is 0 Å². The molecule has 3 heterocycles. The van der Waals surface area contributed by atoms with Gasteiger partial charge in [-0.3, -0.25) is 4.79 Å². The van der Waals surface area contributed by atoms with Crippen molar-refractivity contribution in [3.8, 4) is 16.3 Å². The molecule has 0 spiro atoms. The van der Waals surface area contributed by atoms with E-state index in [-0.39, 0.29) is 11.4 Å². The monoisotopic (exact) mass is 390 g/mol. The molecule has 0 aliphatic heterocycles. The summed E-state index contributed by atoms with van der Waals surface area (Å²) in [7, 11) is 0. The molecule has 0 unspecified atom stereocenters. The molecule has 0 fully saturated rings. The number of fused-ring (bicyclic) bond motifs is 1. The van der Waals surface area contributed by atoms with Crippen LogP contribution >= 0.6 is 11.3 Å². The molecule has 28 heavy (non-hydrogen) atoms. The van der Waals surface area contributed by atoms with Crippen LogP contribution in [0.2, 0.25) is 0 Å². The molecule has 1 aromatic carbocycles. The Labute approximate surface area is 168 Å². The van der Waals surface area contributed by atoms with Crippen LogP contribution in [-0.2, 0) is 0 Å². The Kier molecular flexibility index (Phi) is 4.51. The van der Waals surface area contributed by atoms with Gasteiger partial charge in [0.2, 0.25) is 0 Å².